The van der Waals surface area contributed by atoms with Crippen molar-refractivity contribution in [3.05, 3.63) is 58.1 Å². The Labute approximate surface area is 127 Å². The maximum absolute atomic E-state index is 5.39. The summed E-state index contributed by atoms with van der Waals surface area (Å²) in [7, 11) is 0. The minimum absolute atomic E-state index is 0.340. The number of quaternary nitrogens is 1. The van der Waals surface area contributed by atoms with Crippen LogP contribution >= 0.6 is 15.9 Å². The molecule has 3 nitrogen and oxygen atoms in total. The Morgan fingerprint density at radius 1 is 1.05 bits per heavy atom. The SMILES string of the molecule is Brc1ccccc1C[NH2+]CCc1ccc2c(c1)OCO2. The molecule has 1 aliphatic heterocycles. The topological polar surface area (TPSA) is 35.1 Å². The Morgan fingerprint density at radius 2 is 1.90 bits per heavy atom. The fourth-order valence-electron chi connectivity index (χ4n) is 2.29. The molecule has 0 radical (unpaired) electrons. The summed E-state index contributed by atoms with van der Waals surface area (Å²) in [6.45, 7) is 2.39. The lowest BCUT2D eigenvalue weighted by molar-refractivity contribution is -0.670. The highest BCUT2D eigenvalue weighted by atomic mass is 79.9. The molecule has 104 valence electrons. The van der Waals surface area contributed by atoms with Crippen LogP contribution in [0.3, 0.4) is 0 Å². The van der Waals surface area contributed by atoms with Crippen molar-refractivity contribution < 1.29 is 14.8 Å². The van der Waals surface area contributed by atoms with E-state index in [1.165, 1.54) is 15.6 Å². The predicted octanol–water partition coefficient (Wildman–Crippen LogP) is 2.48. The van der Waals surface area contributed by atoms with E-state index in [9.17, 15) is 0 Å². The van der Waals surface area contributed by atoms with E-state index >= 15 is 0 Å². The molecule has 0 atom stereocenters. The number of benzene rings is 2. The number of halogens is 1. The lowest BCUT2D eigenvalue weighted by atomic mass is 10.1. The van der Waals surface area contributed by atoms with E-state index in [1.54, 1.807) is 0 Å². The Bertz CT molecular complexity index is 601. The van der Waals surface area contributed by atoms with E-state index in [-0.39, 0.29) is 0 Å². The second kappa shape index (κ2) is 6.29. The van der Waals surface area contributed by atoms with Gasteiger partial charge >= 0.3 is 0 Å². The average Bonchev–Trinajstić information content (AvgIpc) is 2.93. The fraction of sp³-hybridized carbons (Fsp3) is 0.250. The number of hydrogen-bond acceptors (Lipinski definition) is 2. The summed E-state index contributed by atoms with van der Waals surface area (Å²) in [4.78, 5) is 0. The highest BCUT2D eigenvalue weighted by Crippen LogP contribution is 2.32. The number of rotatable bonds is 5. The summed E-state index contributed by atoms with van der Waals surface area (Å²) >= 11 is 3.58. The van der Waals surface area contributed by atoms with Gasteiger partial charge in [-0.15, -0.1) is 0 Å². The molecule has 0 aromatic heterocycles. The van der Waals surface area contributed by atoms with Crippen molar-refractivity contribution in [2.75, 3.05) is 13.3 Å². The van der Waals surface area contributed by atoms with Crippen LogP contribution in [0, 0.1) is 0 Å². The van der Waals surface area contributed by atoms with Crippen molar-refractivity contribution in [3.63, 3.8) is 0 Å². The second-order valence-electron chi connectivity index (χ2n) is 4.81. The lowest BCUT2D eigenvalue weighted by Gasteiger charge is -2.05. The Kier molecular flexibility index (Phi) is 4.23. The predicted molar refractivity (Wildman–Crippen MR) is 80.9 cm³/mol. The molecule has 0 fully saturated rings. The smallest absolute Gasteiger partial charge is 0.231 e. The lowest BCUT2D eigenvalue weighted by Crippen LogP contribution is -2.83. The van der Waals surface area contributed by atoms with Gasteiger partial charge in [-0.1, -0.05) is 40.2 Å². The normalized spacial score (nSPS) is 12.7. The molecule has 3 rings (SSSR count). The largest absolute Gasteiger partial charge is 0.454 e. The number of ether oxygens (including phenoxy) is 2. The first kappa shape index (κ1) is 13.5. The molecule has 2 aromatic rings. The molecule has 0 saturated heterocycles. The standard InChI is InChI=1S/C16H16BrNO2/c17-14-4-2-1-3-13(14)10-18-8-7-12-5-6-15-16(9-12)20-11-19-15/h1-6,9,18H,7-8,10-11H2/p+1. The first-order valence-electron chi connectivity index (χ1n) is 6.76. The van der Waals surface area contributed by atoms with Gasteiger partial charge in [-0.2, -0.15) is 0 Å². The molecule has 0 unspecified atom stereocenters. The zero-order valence-corrected chi connectivity index (χ0v) is 12.7. The molecular weight excluding hydrogens is 318 g/mol. The van der Waals surface area contributed by atoms with Crippen LogP contribution < -0.4 is 14.8 Å². The van der Waals surface area contributed by atoms with Crippen LogP contribution in [0.5, 0.6) is 11.5 Å². The monoisotopic (exact) mass is 334 g/mol. The highest BCUT2D eigenvalue weighted by molar-refractivity contribution is 9.10. The molecule has 0 saturated carbocycles. The summed E-state index contributed by atoms with van der Waals surface area (Å²) in [6.07, 6.45) is 1.03. The van der Waals surface area contributed by atoms with E-state index in [2.05, 4.69) is 51.6 Å². The maximum Gasteiger partial charge on any atom is 0.231 e. The molecule has 4 heteroatoms. The molecule has 2 N–H and O–H groups in total. The van der Waals surface area contributed by atoms with Crippen molar-refractivity contribution in [1.82, 2.24) is 0 Å². The van der Waals surface area contributed by atoms with Gasteiger partial charge in [0, 0.05) is 16.5 Å². The van der Waals surface area contributed by atoms with Crippen molar-refractivity contribution in [2.45, 2.75) is 13.0 Å². The van der Waals surface area contributed by atoms with Gasteiger partial charge in [-0.25, -0.2) is 0 Å². The molecule has 2 aromatic carbocycles. The summed E-state index contributed by atoms with van der Waals surface area (Å²) in [5.41, 5.74) is 2.62. The van der Waals surface area contributed by atoms with Crippen LogP contribution in [0.15, 0.2) is 46.9 Å². The number of fused-ring (bicyclic) bond motifs is 1. The fourth-order valence-corrected chi connectivity index (χ4v) is 2.73. The second-order valence-corrected chi connectivity index (χ2v) is 5.66. The van der Waals surface area contributed by atoms with E-state index in [4.69, 9.17) is 9.47 Å². The molecule has 1 heterocycles. The summed E-state index contributed by atoms with van der Waals surface area (Å²) in [5.74, 6) is 1.72. The molecule has 0 aliphatic carbocycles. The quantitative estimate of drug-likeness (QED) is 0.852. The van der Waals surface area contributed by atoms with Crippen LogP contribution in [0.1, 0.15) is 11.1 Å². The number of nitrogens with two attached hydrogens (primary N) is 1. The van der Waals surface area contributed by atoms with E-state index in [0.717, 1.165) is 31.0 Å². The van der Waals surface area contributed by atoms with Crippen LogP contribution in [0.4, 0.5) is 0 Å². The van der Waals surface area contributed by atoms with Crippen molar-refractivity contribution in [2.24, 2.45) is 0 Å². The van der Waals surface area contributed by atoms with Crippen molar-refractivity contribution in [3.8, 4) is 11.5 Å². The molecule has 0 bridgehead atoms. The minimum Gasteiger partial charge on any atom is -0.454 e. The van der Waals surface area contributed by atoms with E-state index < -0.39 is 0 Å². The van der Waals surface area contributed by atoms with Gasteiger partial charge in [0.1, 0.15) is 6.54 Å². The highest BCUT2D eigenvalue weighted by Gasteiger charge is 2.13. The Balaban J connectivity index is 1.49. The van der Waals surface area contributed by atoms with Crippen molar-refractivity contribution >= 4 is 15.9 Å². The maximum atomic E-state index is 5.39. The zero-order valence-electron chi connectivity index (χ0n) is 11.1. The molecule has 20 heavy (non-hydrogen) atoms. The van der Waals surface area contributed by atoms with Crippen LogP contribution in [0.2, 0.25) is 0 Å². The third kappa shape index (κ3) is 3.14. The van der Waals surface area contributed by atoms with Gasteiger partial charge < -0.3 is 14.8 Å². The number of hydrogen-bond donors (Lipinski definition) is 1. The van der Waals surface area contributed by atoms with E-state index in [1.807, 2.05) is 12.1 Å². The summed E-state index contributed by atoms with van der Waals surface area (Å²) < 4.78 is 11.9. The minimum atomic E-state index is 0.340. The van der Waals surface area contributed by atoms with Crippen LogP contribution in [-0.2, 0) is 13.0 Å². The zero-order chi connectivity index (χ0) is 13.8. The molecule has 0 amide bonds. The summed E-state index contributed by atoms with van der Waals surface area (Å²) in [5, 5.41) is 2.32. The molecule has 0 spiro atoms. The van der Waals surface area contributed by atoms with Gasteiger partial charge in [-0.3, -0.25) is 0 Å². The van der Waals surface area contributed by atoms with Gasteiger partial charge in [0.15, 0.2) is 11.5 Å². The summed E-state index contributed by atoms with van der Waals surface area (Å²) in [6, 6.07) is 14.5. The van der Waals surface area contributed by atoms with Crippen molar-refractivity contribution in [1.29, 1.82) is 0 Å². The van der Waals surface area contributed by atoms with Gasteiger partial charge in [-0.05, 0) is 23.8 Å². The van der Waals surface area contributed by atoms with Gasteiger partial charge in [0.25, 0.3) is 0 Å². The third-order valence-electron chi connectivity index (χ3n) is 3.40. The molecular formula is C16H17BrNO2+. The van der Waals surface area contributed by atoms with E-state index in [0.29, 0.717) is 6.79 Å². The first-order chi connectivity index (χ1) is 9.83. The van der Waals surface area contributed by atoms with Crippen LogP contribution in [0.25, 0.3) is 0 Å². The Morgan fingerprint density at radius 3 is 2.80 bits per heavy atom. The third-order valence-corrected chi connectivity index (χ3v) is 4.17. The Hall–Kier alpha value is -1.52. The average molecular weight is 335 g/mol. The van der Waals surface area contributed by atoms with Gasteiger partial charge in [0.2, 0.25) is 6.79 Å². The van der Waals surface area contributed by atoms with Gasteiger partial charge in [0.05, 0.1) is 6.54 Å². The first-order valence-corrected chi connectivity index (χ1v) is 7.56. The molecule has 1 aliphatic rings. The van der Waals surface area contributed by atoms with Crippen LogP contribution in [-0.4, -0.2) is 13.3 Å².